The molecule has 7 unspecified atom stereocenters. The number of hydrogen-bond acceptors (Lipinski definition) is 10. The van der Waals surface area contributed by atoms with Crippen LogP contribution in [0.3, 0.4) is 0 Å². The number of rotatable bonds is 56. The van der Waals surface area contributed by atoms with Crippen LogP contribution in [0, 0.1) is 0 Å². The molecule has 0 saturated carbocycles. The molecule has 1 aliphatic rings. The lowest BCUT2D eigenvalue weighted by atomic mass is 9.99. The van der Waals surface area contributed by atoms with Gasteiger partial charge in [0.2, 0.25) is 5.91 Å². The number of carbonyl (C=O) groups is 1. The molecular formula is C63H119NO11S. The zero-order chi connectivity index (χ0) is 55.4. The maximum atomic E-state index is 13.2. The Kier molecular flexibility index (Phi) is 50.1. The van der Waals surface area contributed by atoms with Gasteiger partial charge in [0, 0.05) is 6.42 Å². The normalized spacial score (nSPS) is 19.2. The van der Waals surface area contributed by atoms with Crippen LogP contribution < -0.4 is 5.32 Å². The Hall–Kier alpha value is -1.68. The van der Waals surface area contributed by atoms with E-state index in [2.05, 4.69) is 47.7 Å². The molecule has 7 atom stereocenters. The quantitative estimate of drug-likeness (QED) is 0.0193. The zero-order valence-corrected chi connectivity index (χ0v) is 49.6. The summed E-state index contributed by atoms with van der Waals surface area (Å²) in [6.07, 6.45) is 59.2. The number of aliphatic hydroxyl groups excluding tert-OH is 4. The van der Waals surface area contributed by atoms with Crippen molar-refractivity contribution in [3.05, 3.63) is 36.5 Å². The molecule has 0 aromatic heterocycles. The van der Waals surface area contributed by atoms with Crippen LogP contribution in [0.4, 0.5) is 0 Å². The van der Waals surface area contributed by atoms with Crippen LogP contribution >= 0.6 is 0 Å². The molecule has 0 bridgehead atoms. The van der Waals surface area contributed by atoms with E-state index in [1.807, 2.05) is 6.08 Å². The van der Waals surface area contributed by atoms with Gasteiger partial charge in [0.15, 0.2) is 6.29 Å². The van der Waals surface area contributed by atoms with E-state index in [4.69, 9.17) is 9.47 Å². The Bertz CT molecular complexity index is 1480. The SMILES string of the molecule is CCCCCCCCCCC/C=C\C/C=C\CCCCCCCCCCCCCCCCCC(=O)NC(COC1OC(CO)C(O)C(OS(=O)(=O)O)C1O)C(O)/C=C/CCCCCCCCCCCCCCCCCC. The number of hydrogen-bond donors (Lipinski definition) is 6. The first kappa shape index (κ1) is 72.3. The van der Waals surface area contributed by atoms with Crippen molar-refractivity contribution in [1.29, 1.82) is 0 Å². The van der Waals surface area contributed by atoms with Crippen LogP contribution in [0.5, 0.6) is 0 Å². The van der Waals surface area contributed by atoms with E-state index in [0.717, 1.165) is 44.9 Å². The predicted molar refractivity (Wildman–Crippen MR) is 315 cm³/mol. The van der Waals surface area contributed by atoms with Crippen molar-refractivity contribution in [2.24, 2.45) is 0 Å². The Morgan fingerprint density at radius 1 is 0.526 bits per heavy atom. The largest absolute Gasteiger partial charge is 0.397 e. The molecule has 1 aliphatic heterocycles. The summed E-state index contributed by atoms with van der Waals surface area (Å²) in [7, 11) is -5.09. The summed E-state index contributed by atoms with van der Waals surface area (Å²) in [4.78, 5) is 13.2. The van der Waals surface area contributed by atoms with Crippen LogP contribution in [-0.4, -0.2) is 95.4 Å². The van der Waals surface area contributed by atoms with E-state index >= 15 is 0 Å². The van der Waals surface area contributed by atoms with Gasteiger partial charge in [-0.3, -0.25) is 9.35 Å². The lowest BCUT2D eigenvalue weighted by Crippen LogP contribution is -2.61. The third-order valence-corrected chi connectivity index (χ3v) is 15.6. The lowest BCUT2D eigenvalue weighted by molar-refractivity contribution is -0.298. The zero-order valence-electron chi connectivity index (χ0n) is 48.8. The summed E-state index contributed by atoms with van der Waals surface area (Å²) in [6, 6.07) is -0.944. The maximum absolute atomic E-state index is 13.2. The average molecular weight is 1100 g/mol. The molecular weight excluding hydrogens is 979 g/mol. The van der Waals surface area contributed by atoms with Crippen molar-refractivity contribution in [3.63, 3.8) is 0 Å². The van der Waals surface area contributed by atoms with Gasteiger partial charge >= 0.3 is 10.4 Å². The van der Waals surface area contributed by atoms with E-state index in [9.17, 15) is 38.2 Å². The molecule has 6 N–H and O–H groups in total. The average Bonchev–Trinajstić information content (AvgIpc) is 3.40. The van der Waals surface area contributed by atoms with Gasteiger partial charge in [-0.2, -0.15) is 8.42 Å². The summed E-state index contributed by atoms with van der Waals surface area (Å²) in [5.74, 6) is -0.259. The molecule has 1 saturated heterocycles. The first-order valence-electron chi connectivity index (χ1n) is 31.9. The Balaban J connectivity index is 2.27. The summed E-state index contributed by atoms with van der Waals surface area (Å²) >= 11 is 0. The van der Waals surface area contributed by atoms with Crippen LogP contribution in [0.25, 0.3) is 0 Å². The Labute approximate surface area is 466 Å². The second kappa shape index (κ2) is 52.7. The van der Waals surface area contributed by atoms with Gasteiger partial charge in [0.1, 0.15) is 24.4 Å². The first-order valence-corrected chi connectivity index (χ1v) is 33.2. The molecule has 448 valence electrons. The number of allylic oxidation sites excluding steroid dienone is 5. The van der Waals surface area contributed by atoms with Crippen LogP contribution in [0.1, 0.15) is 303 Å². The monoisotopic (exact) mass is 1100 g/mol. The minimum Gasteiger partial charge on any atom is -0.394 e. The minimum atomic E-state index is -5.09. The van der Waals surface area contributed by atoms with E-state index in [1.54, 1.807) is 6.08 Å². The Morgan fingerprint density at radius 3 is 1.25 bits per heavy atom. The third kappa shape index (κ3) is 44.1. The van der Waals surface area contributed by atoms with Crippen LogP contribution in [0.15, 0.2) is 36.5 Å². The van der Waals surface area contributed by atoms with Crippen molar-refractivity contribution in [1.82, 2.24) is 5.32 Å². The molecule has 0 spiro atoms. The molecule has 76 heavy (non-hydrogen) atoms. The molecule has 1 amide bonds. The fourth-order valence-electron chi connectivity index (χ4n) is 10.3. The standard InChI is InChI=1S/C63H119NO11S/c1-3-5-7-9-11-13-15-17-19-21-23-24-25-26-27-28-29-30-31-32-33-34-35-37-39-41-43-45-47-49-51-53-59(67)64-56(55-73-63-61(69)62(75-76(70,71)72)60(68)58(54-65)74-63)57(66)52-50-48-46-44-42-40-38-36-22-20-18-16-14-12-10-8-6-4-2/h23-24,26-27,50,52,56-58,60-63,65-66,68-69H,3-22,25,28-49,51,53-55H2,1-2H3,(H,64,67)(H,70,71,72)/b24-23-,27-26-,52-50+. The van der Waals surface area contributed by atoms with E-state index in [-0.39, 0.29) is 18.9 Å². The van der Waals surface area contributed by atoms with Crippen LogP contribution in [-0.2, 0) is 28.9 Å². The van der Waals surface area contributed by atoms with Gasteiger partial charge in [0.05, 0.1) is 25.4 Å². The fourth-order valence-corrected chi connectivity index (χ4v) is 10.8. The molecule has 0 aromatic rings. The minimum absolute atomic E-state index is 0.259. The predicted octanol–water partition coefficient (Wildman–Crippen LogP) is 15.7. The molecule has 0 aliphatic carbocycles. The number of aliphatic hydroxyl groups is 4. The van der Waals surface area contributed by atoms with Gasteiger partial charge in [-0.25, -0.2) is 4.18 Å². The number of nitrogens with one attached hydrogen (secondary N) is 1. The van der Waals surface area contributed by atoms with E-state index in [1.165, 1.54) is 231 Å². The maximum Gasteiger partial charge on any atom is 0.397 e. The second-order valence-electron chi connectivity index (χ2n) is 22.4. The molecule has 0 aromatic carbocycles. The van der Waals surface area contributed by atoms with E-state index < -0.39 is 59.9 Å². The van der Waals surface area contributed by atoms with Crippen molar-refractivity contribution in [3.8, 4) is 0 Å². The molecule has 1 rings (SSSR count). The number of carbonyl (C=O) groups excluding carboxylic acids is 1. The highest BCUT2D eigenvalue weighted by Gasteiger charge is 2.48. The van der Waals surface area contributed by atoms with Crippen molar-refractivity contribution in [2.75, 3.05) is 13.2 Å². The summed E-state index contributed by atoms with van der Waals surface area (Å²) < 4.78 is 47.9. The smallest absolute Gasteiger partial charge is 0.394 e. The van der Waals surface area contributed by atoms with Gasteiger partial charge in [-0.1, -0.05) is 281 Å². The molecule has 13 heteroatoms. The summed E-state index contributed by atoms with van der Waals surface area (Å²) in [6.45, 7) is 3.43. The molecule has 0 radical (unpaired) electrons. The van der Waals surface area contributed by atoms with Gasteiger partial charge in [0.25, 0.3) is 0 Å². The van der Waals surface area contributed by atoms with Crippen molar-refractivity contribution >= 4 is 16.3 Å². The van der Waals surface area contributed by atoms with Crippen molar-refractivity contribution in [2.45, 2.75) is 346 Å². The van der Waals surface area contributed by atoms with Gasteiger partial charge in [-0.05, 0) is 51.4 Å². The number of unbranched alkanes of at least 4 members (excludes halogenated alkanes) is 40. The fraction of sp³-hybridized carbons (Fsp3) is 0.889. The molecule has 1 heterocycles. The number of amides is 1. The van der Waals surface area contributed by atoms with E-state index in [0.29, 0.717) is 6.42 Å². The Morgan fingerprint density at radius 2 is 0.882 bits per heavy atom. The molecule has 1 fully saturated rings. The van der Waals surface area contributed by atoms with Crippen molar-refractivity contribution < 1.29 is 51.8 Å². The highest BCUT2D eigenvalue weighted by Crippen LogP contribution is 2.26. The molecule has 12 nitrogen and oxygen atoms in total. The van der Waals surface area contributed by atoms with Gasteiger partial charge < -0.3 is 35.2 Å². The number of ether oxygens (including phenoxy) is 2. The third-order valence-electron chi connectivity index (χ3n) is 15.2. The lowest BCUT2D eigenvalue weighted by Gasteiger charge is -2.41. The highest BCUT2D eigenvalue weighted by atomic mass is 32.3. The topological polar surface area (TPSA) is 192 Å². The second-order valence-corrected chi connectivity index (χ2v) is 23.4. The summed E-state index contributed by atoms with van der Waals surface area (Å²) in [5, 5.41) is 45.0. The van der Waals surface area contributed by atoms with Gasteiger partial charge in [-0.15, -0.1) is 0 Å². The summed E-state index contributed by atoms with van der Waals surface area (Å²) in [5.41, 5.74) is 0. The first-order chi connectivity index (χ1) is 37.0. The highest BCUT2D eigenvalue weighted by molar-refractivity contribution is 7.80. The van der Waals surface area contributed by atoms with Crippen LogP contribution in [0.2, 0.25) is 0 Å².